The van der Waals surface area contributed by atoms with Crippen molar-refractivity contribution in [2.75, 3.05) is 26.2 Å². The van der Waals surface area contributed by atoms with Crippen LogP contribution in [0.15, 0.2) is 0 Å². The molecule has 16 heavy (non-hydrogen) atoms. The predicted molar refractivity (Wildman–Crippen MR) is 64.1 cm³/mol. The summed E-state index contributed by atoms with van der Waals surface area (Å²) in [7, 11) is 0. The summed E-state index contributed by atoms with van der Waals surface area (Å²) in [5, 5.41) is 0. The van der Waals surface area contributed by atoms with Gasteiger partial charge in [-0.25, -0.2) is 0 Å². The monoisotopic (exact) mass is 225 g/mol. The molecule has 1 saturated heterocycles. The molecule has 2 atom stereocenters. The normalized spacial score (nSPS) is 32.8. The number of carbonyl (C=O) groups is 1. The van der Waals surface area contributed by atoms with E-state index in [0.29, 0.717) is 12.1 Å². The molecule has 92 valence electrons. The van der Waals surface area contributed by atoms with E-state index in [9.17, 15) is 4.79 Å². The van der Waals surface area contributed by atoms with E-state index in [1.807, 2.05) is 4.90 Å². The average molecular weight is 225 g/mol. The number of hydrogen-bond donors (Lipinski definition) is 1. The highest BCUT2D eigenvalue weighted by Gasteiger charge is 2.30. The highest BCUT2D eigenvalue weighted by Crippen LogP contribution is 2.23. The van der Waals surface area contributed by atoms with Crippen molar-refractivity contribution < 1.29 is 4.79 Å². The van der Waals surface area contributed by atoms with Crippen LogP contribution in [0, 0.1) is 0 Å². The van der Waals surface area contributed by atoms with Gasteiger partial charge in [0.1, 0.15) is 0 Å². The van der Waals surface area contributed by atoms with Crippen molar-refractivity contribution in [3.63, 3.8) is 0 Å². The largest absolute Gasteiger partial charge is 0.342 e. The van der Waals surface area contributed by atoms with Crippen molar-refractivity contribution in [3.05, 3.63) is 0 Å². The molecule has 4 nitrogen and oxygen atoms in total. The molecule has 0 spiro atoms. The maximum absolute atomic E-state index is 11.3. The molecule has 0 radical (unpaired) electrons. The molecule has 2 fully saturated rings. The summed E-state index contributed by atoms with van der Waals surface area (Å²) in [5.74, 6) is 0.206. The maximum atomic E-state index is 11.3. The first-order chi connectivity index (χ1) is 7.68. The Hall–Kier alpha value is -0.610. The van der Waals surface area contributed by atoms with Crippen LogP contribution in [-0.2, 0) is 4.79 Å². The van der Waals surface area contributed by atoms with Gasteiger partial charge in [-0.2, -0.15) is 0 Å². The second-order valence-electron chi connectivity index (χ2n) is 5.06. The molecule has 0 aromatic rings. The Bertz CT molecular complexity index is 257. The van der Waals surface area contributed by atoms with Crippen LogP contribution in [0.3, 0.4) is 0 Å². The van der Waals surface area contributed by atoms with Crippen molar-refractivity contribution in [2.24, 2.45) is 5.73 Å². The molecule has 0 aromatic carbocycles. The summed E-state index contributed by atoms with van der Waals surface area (Å²) >= 11 is 0. The van der Waals surface area contributed by atoms with Crippen LogP contribution < -0.4 is 5.73 Å². The Morgan fingerprint density at radius 1 is 1.12 bits per heavy atom. The van der Waals surface area contributed by atoms with E-state index in [4.69, 9.17) is 5.73 Å². The van der Waals surface area contributed by atoms with E-state index >= 15 is 0 Å². The van der Waals surface area contributed by atoms with E-state index in [2.05, 4.69) is 4.90 Å². The number of hydrogen-bond acceptors (Lipinski definition) is 3. The summed E-state index contributed by atoms with van der Waals surface area (Å²) in [6.07, 6.45) is 4.75. The Morgan fingerprint density at radius 3 is 2.56 bits per heavy atom. The topological polar surface area (TPSA) is 49.6 Å². The quantitative estimate of drug-likeness (QED) is 0.703. The third-order valence-electron chi connectivity index (χ3n) is 3.98. The molecule has 1 saturated carbocycles. The molecule has 2 unspecified atom stereocenters. The minimum atomic E-state index is 0.206. The first kappa shape index (κ1) is 11.9. The molecule has 2 aliphatic rings. The minimum Gasteiger partial charge on any atom is -0.342 e. The van der Waals surface area contributed by atoms with Crippen molar-refractivity contribution in [1.29, 1.82) is 0 Å². The standard InChI is InChI=1S/C12H23N3O/c1-10(16)14-6-3-7-15(9-8-14)12-5-2-4-11(12)13/h11-12H,2-9,13H2,1H3. The molecule has 0 bridgehead atoms. The Kier molecular flexibility index (Phi) is 3.82. The van der Waals surface area contributed by atoms with Crippen LogP contribution >= 0.6 is 0 Å². The predicted octanol–water partition coefficient (Wildman–Crippen LogP) is 0.420. The first-order valence-corrected chi connectivity index (χ1v) is 6.43. The third-order valence-corrected chi connectivity index (χ3v) is 3.98. The number of carbonyl (C=O) groups excluding carboxylic acids is 1. The van der Waals surface area contributed by atoms with Crippen molar-refractivity contribution in [2.45, 2.75) is 44.7 Å². The first-order valence-electron chi connectivity index (χ1n) is 6.43. The van der Waals surface area contributed by atoms with Crippen molar-refractivity contribution in [3.8, 4) is 0 Å². The molecule has 0 aromatic heterocycles. The third kappa shape index (κ3) is 2.55. The molecule has 4 heteroatoms. The van der Waals surface area contributed by atoms with Crippen LogP contribution in [0.25, 0.3) is 0 Å². The highest BCUT2D eigenvalue weighted by molar-refractivity contribution is 5.73. The van der Waals surface area contributed by atoms with Gasteiger partial charge in [0.25, 0.3) is 0 Å². The fraction of sp³-hybridized carbons (Fsp3) is 0.917. The number of rotatable bonds is 1. The van der Waals surface area contributed by atoms with Gasteiger partial charge in [-0.05, 0) is 19.3 Å². The molecule has 2 N–H and O–H groups in total. The van der Waals surface area contributed by atoms with Crippen LogP contribution in [0.1, 0.15) is 32.6 Å². The highest BCUT2D eigenvalue weighted by atomic mass is 16.2. The van der Waals surface area contributed by atoms with Gasteiger partial charge in [0.15, 0.2) is 0 Å². The van der Waals surface area contributed by atoms with E-state index in [-0.39, 0.29) is 5.91 Å². The SMILES string of the molecule is CC(=O)N1CCCN(C2CCCC2N)CC1. The Balaban J connectivity index is 1.90. The van der Waals surface area contributed by atoms with Gasteiger partial charge in [0.05, 0.1) is 0 Å². The zero-order valence-electron chi connectivity index (χ0n) is 10.2. The van der Waals surface area contributed by atoms with Gasteiger partial charge < -0.3 is 10.6 Å². The van der Waals surface area contributed by atoms with Crippen LogP contribution in [0.4, 0.5) is 0 Å². The molecular weight excluding hydrogens is 202 g/mol. The van der Waals surface area contributed by atoms with Gasteiger partial charge >= 0.3 is 0 Å². The number of nitrogens with zero attached hydrogens (tertiary/aromatic N) is 2. The summed E-state index contributed by atoms with van der Waals surface area (Å²) in [4.78, 5) is 15.8. The summed E-state index contributed by atoms with van der Waals surface area (Å²) in [5.41, 5.74) is 6.13. The van der Waals surface area contributed by atoms with Crippen molar-refractivity contribution >= 4 is 5.91 Å². The Labute approximate surface area is 97.8 Å². The lowest BCUT2D eigenvalue weighted by Gasteiger charge is -2.30. The summed E-state index contributed by atoms with van der Waals surface area (Å²) in [6.45, 7) is 5.55. The van der Waals surface area contributed by atoms with Gasteiger partial charge in [0.2, 0.25) is 5.91 Å². The minimum absolute atomic E-state index is 0.206. The molecular formula is C12H23N3O. The molecule has 1 amide bonds. The fourth-order valence-electron chi connectivity index (χ4n) is 3.01. The Morgan fingerprint density at radius 2 is 1.94 bits per heavy atom. The van der Waals surface area contributed by atoms with Gasteiger partial charge in [0, 0.05) is 45.2 Å². The zero-order valence-corrected chi connectivity index (χ0v) is 10.2. The zero-order chi connectivity index (χ0) is 11.5. The lowest BCUT2D eigenvalue weighted by Crippen LogP contribution is -2.46. The second-order valence-corrected chi connectivity index (χ2v) is 5.06. The average Bonchev–Trinajstić information content (AvgIpc) is 2.54. The van der Waals surface area contributed by atoms with Crippen LogP contribution in [-0.4, -0.2) is 54.0 Å². The molecule has 2 rings (SSSR count). The lowest BCUT2D eigenvalue weighted by molar-refractivity contribution is -0.128. The summed E-state index contributed by atoms with van der Waals surface area (Å²) < 4.78 is 0. The van der Waals surface area contributed by atoms with Crippen LogP contribution in [0.5, 0.6) is 0 Å². The fourth-order valence-corrected chi connectivity index (χ4v) is 3.01. The molecule has 1 aliphatic carbocycles. The van der Waals surface area contributed by atoms with Crippen molar-refractivity contribution in [1.82, 2.24) is 9.80 Å². The lowest BCUT2D eigenvalue weighted by atomic mass is 10.1. The smallest absolute Gasteiger partial charge is 0.219 e. The van der Waals surface area contributed by atoms with E-state index in [1.165, 1.54) is 12.8 Å². The molecule has 1 heterocycles. The number of amides is 1. The van der Waals surface area contributed by atoms with Gasteiger partial charge in [-0.15, -0.1) is 0 Å². The maximum Gasteiger partial charge on any atom is 0.219 e. The van der Waals surface area contributed by atoms with Gasteiger partial charge in [-0.1, -0.05) is 6.42 Å². The van der Waals surface area contributed by atoms with E-state index < -0.39 is 0 Å². The molecule has 1 aliphatic heterocycles. The van der Waals surface area contributed by atoms with Gasteiger partial charge in [-0.3, -0.25) is 9.69 Å². The van der Waals surface area contributed by atoms with E-state index in [1.54, 1.807) is 6.92 Å². The summed E-state index contributed by atoms with van der Waals surface area (Å²) in [6, 6.07) is 0.913. The number of nitrogens with two attached hydrogens (primary N) is 1. The second kappa shape index (κ2) is 5.15. The van der Waals surface area contributed by atoms with Crippen LogP contribution in [0.2, 0.25) is 0 Å². The van der Waals surface area contributed by atoms with E-state index in [0.717, 1.165) is 39.0 Å².